The lowest BCUT2D eigenvalue weighted by Crippen LogP contribution is -2.35. The number of hydrogen-bond acceptors (Lipinski definition) is 11. The van der Waals surface area contributed by atoms with E-state index in [1.807, 2.05) is 44.5 Å². The third kappa shape index (κ3) is 11.0. The number of halogens is 1. The molecule has 4 aromatic rings. The fourth-order valence-electron chi connectivity index (χ4n) is 6.21. The van der Waals surface area contributed by atoms with E-state index in [2.05, 4.69) is 49.3 Å². The van der Waals surface area contributed by atoms with Gasteiger partial charge in [0.05, 0.1) is 37.2 Å². The number of nitrogens with one attached hydrogen (secondary N) is 2. The molecule has 2 amide bonds. The highest BCUT2D eigenvalue weighted by atomic mass is 35.5. The molecule has 0 fully saturated rings. The molecule has 310 valence electrons. The van der Waals surface area contributed by atoms with E-state index in [0.717, 1.165) is 45.8 Å². The second-order valence-electron chi connectivity index (χ2n) is 14.8. The van der Waals surface area contributed by atoms with Gasteiger partial charge < -0.3 is 20.5 Å². The van der Waals surface area contributed by atoms with E-state index < -0.39 is 26.1 Å². The van der Waals surface area contributed by atoms with Crippen LogP contribution in [0.2, 0.25) is 5.02 Å². The van der Waals surface area contributed by atoms with E-state index in [4.69, 9.17) is 31.9 Å². The van der Waals surface area contributed by atoms with Crippen LogP contribution in [0.4, 0.5) is 16.2 Å². The van der Waals surface area contributed by atoms with Gasteiger partial charge >= 0.3 is 6.03 Å². The number of primary sulfonamides is 1. The second-order valence-corrected chi connectivity index (χ2v) is 18.5. The largest absolute Gasteiger partial charge is 0.477 e. The summed E-state index contributed by atoms with van der Waals surface area (Å²) >= 11 is 6.05. The molecule has 2 aliphatic heterocycles. The number of nitrogen functional groups attached to an aromatic ring is 1. The first-order chi connectivity index (χ1) is 26.7. The maximum absolute atomic E-state index is 12.8. The number of nitrogens with two attached hydrogens (primary N) is 2. The van der Waals surface area contributed by atoms with E-state index in [1.165, 1.54) is 21.8 Å². The number of fused-ring (bicyclic) bond motifs is 2. The SMILES string of the molecule is CC(C)c1cc(C#N)cc(C(C)C)c1NC(=O)NS(=O)(=O)c1cnn2c1OCCC2.CC(C)c1cc(Cl)cc(C(C)C)c1N.NS(=O)(=O)c1cnn2c1OCCC2. The minimum atomic E-state index is -4.18. The Kier molecular flexibility index (Phi) is 14.7. The Bertz CT molecular complexity index is 2290. The van der Waals surface area contributed by atoms with Crippen molar-refractivity contribution in [2.45, 2.75) is 115 Å². The van der Waals surface area contributed by atoms with E-state index in [1.54, 1.807) is 12.1 Å². The van der Waals surface area contributed by atoms with E-state index in [9.17, 15) is 26.9 Å². The van der Waals surface area contributed by atoms with Crippen LogP contribution in [0.25, 0.3) is 0 Å². The van der Waals surface area contributed by atoms with Gasteiger partial charge in [-0.25, -0.2) is 40.9 Å². The van der Waals surface area contributed by atoms with Gasteiger partial charge in [-0.05, 0) is 70.2 Å². The summed E-state index contributed by atoms with van der Waals surface area (Å²) in [4.78, 5) is 12.5. The number of ether oxygens (including phenoxy) is 2. The molecule has 0 spiro atoms. The van der Waals surface area contributed by atoms with Crippen molar-refractivity contribution >= 4 is 49.1 Å². The van der Waals surface area contributed by atoms with E-state index in [0.29, 0.717) is 49.4 Å². The molecule has 2 aliphatic rings. The van der Waals surface area contributed by atoms with Crippen LogP contribution in [0.3, 0.4) is 0 Å². The van der Waals surface area contributed by atoms with Gasteiger partial charge in [-0.2, -0.15) is 15.5 Å². The Morgan fingerprint density at radius 3 is 1.65 bits per heavy atom. The first-order valence-corrected chi connectivity index (χ1v) is 22.0. The lowest BCUT2D eigenvalue weighted by molar-refractivity contribution is 0.224. The summed E-state index contributed by atoms with van der Waals surface area (Å²) in [6.07, 6.45) is 3.96. The van der Waals surface area contributed by atoms with E-state index >= 15 is 0 Å². The molecule has 4 heterocycles. The molecule has 0 saturated carbocycles. The summed E-state index contributed by atoms with van der Waals surface area (Å²) in [7, 11) is -7.89. The normalized spacial score (nSPS) is 13.6. The molecule has 57 heavy (non-hydrogen) atoms. The van der Waals surface area contributed by atoms with Gasteiger partial charge in [0.25, 0.3) is 10.0 Å². The molecule has 0 aliphatic carbocycles. The number of carbonyl (C=O) groups excluding carboxylic acids is 1. The van der Waals surface area contributed by atoms with Crippen LogP contribution in [-0.4, -0.2) is 55.6 Å². The number of sulfonamides is 2. The topological polar surface area (TPSA) is 239 Å². The Labute approximate surface area is 340 Å². The number of anilines is 2. The number of amides is 2. The third-order valence-electron chi connectivity index (χ3n) is 9.11. The number of urea groups is 1. The maximum Gasteiger partial charge on any atom is 0.333 e. The molecular formula is C38H52ClN9O7S2. The first-order valence-electron chi connectivity index (χ1n) is 18.6. The van der Waals surface area contributed by atoms with Gasteiger partial charge in [-0.15, -0.1) is 0 Å². The van der Waals surface area contributed by atoms with Crippen LogP contribution < -0.4 is 30.4 Å². The van der Waals surface area contributed by atoms with Crippen molar-refractivity contribution < 1.29 is 31.1 Å². The van der Waals surface area contributed by atoms with Gasteiger partial charge in [-0.3, -0.25) is 0 Å². The average Bonchev–Trinajstić information content (AvgIpc) is 3.78. The van der Waals surface area contributed by atoms with Crippen molar-refractivity contribution in [3.63, 3.8) is 0 Å². The number of hydrogen-bond donors (Lipinski definition) is 4. The molecule has 6 rings (SSSR count). The molecule has 0 saturated heterocycles. The number of aryl methyl sites for hydroxylation is 2. The van der Waals surface area contributed by atoms with Crippen LogP contribution in [-0.2, 0) is 33.1 Å². The predicted octanol–water partition coefficient (Wildman–Crippen LogP) is 6.78. The fourth-order valence-corrected chi connectivity index (χ4v) is 8.03. The van der Waals surface area contributed by atoms with Gasteiger partial charge in [0.1, 0.15) is 0 Å². The fraction of sp³-hybridized carbons (Fsp3) is 0.474. The minimum absolute atomic E-state index is 0.0128. The summed E-state index contributed by atoms with van der Waals surface area (Å²) in [6.45, 7) is 18.4. The molecule has 2 aromatic carbocycles. The molecule has 0 bridgehead atoms. The minimum Gasteiger partial charge on any atom is -0.477 e. The molecule has 6 N–H and O–H groups in total. The van der Waals surface area contributed by atoms with Gasteiger partial charge in [0, 0.05) is 42.3 Å². The lowest BCUT2D eigenvalue weighted by Gasteiger charge is -2.21. The molecule has 0 radical (unpaired) electrons. The maximum atomic E-state index is 12.8. The highest BCUT2D eigenvalue weighted by Gasteiger charge is 2.29. The Balaban J connectivity index is 0.000000219. The highest BCUT2D eigenvalue weighted by Crippen LogP contribution is 2.35. The zero-order valence-electron chi connectivity index (χ0n) is 33.5. The summed E-state index contributed by atoms with van der Waals surface area (Å²) in [6, 6.07) is 8.60. The van der Waals surface area contributed by atoms with Crippen molar-refractivity contribution in [3.8, 4) is 17.8 Å². The van der Waals surface area contributed by atoms with Crippen LogP contribution in [0.5, 0.6) is 11.8 Å². The Morgan fingerprint density at radius 1 is 0.789 bits per heavy atom. The molecule has 19 heteroatoms. The number of benzene rings is 2. The van der Waals surface area contributed by atoms with Gasteiger partial charge in [0.15, 0.2) is 9.79 Å². The second kappa shape index (κ2) is 18.6. The summed E-state index contributed by atoms with van der Waals surface area (Å²) in [5.74, 6) is 1.26. The number of aromatic nitrogens is 4. The molecule has 16 nitrogen and oxygen atoms in total. The van der Waals surface area contributed by atoms with E-state index in [-0.39, 0.29) is 33.4 Å². The first kappa shape index (κ1) is 44.9. The molecule has 0 atom stereocenters. The summed E-state index contributed by atoms with van der Waals surface area (Å²) < 4.78 is 63.1. The van der Waals surface area contributed by atoms with Crippen molar-refractivity contribution in [2.24, 2.45) is 5.14 Å². The Morgan fingerprint density at radius 2 is 1.23 bits per heavy atom. The average molecular weight is 846 g/mol. The van der Waals surface area contributed by atoms with Crippen molar-refractivity contribution in [3.05, 3.63) is 69.5 Å². The predicted molar refractivity (Wildman–Crippen MR) is 219 cm³/mol. The molecular weight excluding hydrogens is 794 g/mol. The zero-order valence-corrected chi connectivity index (χ0v) is 35.8. The zero-order chi connectivity index (χ0) is 42.4. The monoisotopic (exact) mass is 845 g/mol. The highest BCUT2D eigenvalue weighted by molar-refractivity contribution is 7.90. The van der Waals surface area contributed by atoms with Crippen LogP contribution in [0.15, 0.2) is 46.5 Å². The lowest BCUT2D eigenvalue weighted by atomic mass is 9.90. The third-order valence-corrected chi connectivity index (χ3v) is 11.5. The number of carbonyl (C=O) groups is 1. The Hall–Kier alpha value is -4.83. The molecule has 2 aromatic heterocycles. The standard InChI is InChI=1S/C20H25N5O4S.C12H18ClN.C6H9N3O3S/c1-12(2)15-8-14(10-21)9-16(13(3)4)18(15)23-20(26)24-30(27,28)17-11-22-25-6-5-7-29-19(17)25;1-7(2)10-5-9(13)6-11(8(3)4)12(10)14;7-13(10,11)5-4-8-9-2-1-3-12-6(5)9/h8-9,11-13H,5-7H2,1-4H3,(H2,23,24,26);5-8H,14H2,1-4H3;4H,1-3H2,(H2,7,10,11). The number of nitriles is 1. The summed E-state index contributed by atoms with van der Waals surface area (Å²) in [5, 5.41) is 25.6. The summed E-state index contributed by atoms with van der Waals surface area (Å²) in [5.41, 5.74) is 11.8. The number of rotatable bonds is 8. The van der Waals surface area contributed by atoms with Crippen LogP contribution in [0.1, 0.15) is 120 Å². The van der Waals surface area contributed by atoms with Crippen molar-refractivity contribution in [1.82, 2.24) is 24.3 Å². The smallest absolute Gasteiger partial charge is 0.333 e. The van der Waals surface area contributed by atoms with Crippen LogP contribution >= 0.6 is 11.6 Å². The number of nitrogens with zero attached hydrogens (tertiary/aromatic N) is 5. The molecule has 0 unspecified atom stereocenters. The van der Waals surface area contributed by atoms with Gasteiger partial charge in [-0.1, -0.05) is 67.0 Å². The quantitative estimate of drug-likeness (QED) is 0.135. The van der Waals surface area contributed by atoms with Gasteiger partial charge in [0.2, 0.25) is 21.8 Å². The van der Waals surface area contributed by atoms with Crippen molar-refractivity contribution in [1.29, 1.82) is 5.26 Å². The van der Waals surface area contributed by atoms with Crippen LogP contribution in [0, 0.1) is 11.3 Å². The van der Waals surface area contributed by atoms with Crippen molar-refractivity contribution in [2.75, 3.05) is 24.3 Å².